The van der Waals surface area contributed by atoms with Gasteiger partial charge in [-0.1, -0.05) is 50.1 Å². The van der Waals surface area contributed by atoms with E-state index < -0.39 is 0 Å². The van der Waals surface area contributed by atoms with Crippen molar-refractivity contribution in [1.29, 1.82) is 5.26 Å². The summed E-state index contributed by atoms with van der Waals surface area (Å²) in [6, 6.07) is 9.75. The second-order valence-corrected chi connectivity index (χ2v) is 4.07. The molecule has 0 saturated heterocycles. The first kappa shape index (κ1) is 9.76. The smallest absolute Gasteiger partial charge is 0.0994 e. The third kappa shape index (κ3) is 2.09. The van der Waals surface area contributed by atoms with E-state index in [1.807, 2.05) is 24.3 Å². The number of rotatable bonds is 2. The molecule has 1 nitrogen and oxygen atoms in total. The van der Waals surface area contributed by atoms with Gasteiger partial charge in [0, 0.05) is 5.33 Å². The molecule has 0 heterocycles. The van der Waals surface area contributed by atoms with E-state index in [0.717, 1.165) is 16.5 Å². The lowest BCUT2D eigenvalue weighted by Crippen LogP contribution is -1.93. The lowest BCUT2D eigenvalue weighted by atomic mass is 10.1. The summed E-state index contributed by atoms with van der Waals surface area (Å²) in [5.74, 6) is 0. The van der Waals surface area contributed by atoms with E-state index in [9.17, 15) is 0 Å². The molecule has 1 rings (SSSR count). The Kier molecular flexibility index (Phi) is 3.77. The van der Waals surface area contributed by atoms with Crippen LogP contribution < -0.4 is 0 Å². The Morgan fingerprint density at radius 3 is 2.67 bits per heavy atom. The molecule has 0 bridgehead atoms. The van der Waals surface area contributed by atoms with Gasteiger partial charge in [0.25, 0.3) is 0 Å². The number of halogens is 2. The minimum atomic E-state index is 0.216. The van der Waals surface area contributed by atoms with Gasteiger partial charge >= 0.3 is 0 Å². The normalized spacial score (nSPS) is 12.1. The molecule has 1 aromatic rings. The summed E-state index contributed by atoms with van der Waals surface area (Å²) in [6.07, 6.45) is 0. The number of nitrogens with zero attached hydrogens (tertiary/aromatic N) is 1. The molecule has 0 aromatic heterocycles. The van der Waals surface area contributed by atoms with Crippen LogP contribution in [0.4, 0.5) is 0 Å². The number of alkyl halides is 2. The monoisotopic (exact) mass is 287 g/mol. The van der Waals surface area contributed by atoms with Gasteiger partial charge in [-0.3, -0.25) is 0 Å². The van der Waals surface area contributed by atoms with Crippen LogP contribution >= 0.6 is 31.9 Å². The number of hydrogen-bond acceptors (Lipinski definition) is 1. The molecule has 1 atom stereocenters. The predicted molar refractivity (Wildman–Crippen MR) is 56.6 cm³/mol. The standard InChI is InChI=1S/C9H7Br2N/c10-5-9(11)8-4-2-1-3-7(8)6-12/h1-4,9H,5H2. The Morgan fingerprint density at radius 2 is 2.08 bits per heavy atom. The van der Waals surface area contributed by atoms with E-state index in [0.29, 0.717) is 0 Å². The van der Waals surface area contributed by atoms with E-state index in [4.69, 9.17) is 5.26 Å². The van der Waals surface area contributed by atoms with Gasteiger partial charge in [0.2, 0.25) is 0 Å². The molecule has 0 fully saturated rings. The molecular formula is C9H7Br2N. The van der Waals surface area contributed by atoms with Crippen LogP contribution in [0.5, 0.6) is 0 Å². The van der Waals surface area contributed by atoms with Crippen LogP contribution in [0.25, 0.3) is 0 Å². The lowest BCUT2D eigenvalue weighted by Gasteiger charge is -2.06. The first-order chi connectivity index (χ1) is 5.79. The molecule has 0 aliphatic carbocycles. The molecule has 1 unspecified atom stereocenters. The average molecular weight is 289 g/mol. The van der Waals surface area contributed by atoms with Crippen LogP contribution in [0.2, 0.25) is 0 Å². The molecule has 1 aromatic carbocycles. The first-order valence-corrected chi connectivity index (χ1v) is 5.52. The Morgan fingerprint density at radius 1 is 1.42 bits per heavy atom. The van der Waals surface area contributed by atoms with Crippen molar-refractivity contribution in [3.63, 3.8) is 0 Å². The largest absolute Gasteiger partial charge is 0.192 e. The topological polar surface area (TPSA) is 23.8 Å². The third-order valence-electron chi connectivity index (χ3n) is 1.55. The minimum Gasteiger partial charge on any atom is -0.192 e. The van der Waals surface area contributed by atoms with Gasteiger partial charge in [-0.25, -0.2) is 0 Å². The Balaban J connectivity index is 3.07. The van der Waals surface area contributed by atoms with Crippen LogP contribution in [0.15, 0.2) is 24.3 Å². The van der Waals surface area contributed by atoms with Gasteiger partial charge in [0.15, 0.2) is 0 Å². The summed E-state index contributed by atoms with van der Waals surface area (Å²) in [5, 5.41) is 9.59. The van der Waals surface area contributed by atoms with Gasteiger partial charge in [0.1, 0.15) is 0 Å². The van der Waals surface area contributed by atoms with E-state index in [-0.39, 0.29) is 4.83 Å². The molecule has 0 aliphatic rings. The Hall–Kier alpha value is -0.330. The van der Waals surface area contributed by atoms with Crippen molar-refractivity contribution in [3.8, 4) is 6.07 Å². The quantitative estimate of drug-likeness (QED) is 0.766. The van der Waals surface area contributed by atoms with Crippen molar-refractivity contribution in [2.75, 3.05) is 5.33 Å². The molecule has 0 aliphatic heterocycles. The molecule has 0 saturated carbocycles. The van der Waals surface area contributed by atoms with Crippen molar-refractivity contribution in [2.24, 2.45) is 0 Å². The summed E-state index contributed by atoms with van der Waals surface area (Å²) in [4.78, 5) is 0.216. The van der Waals surface area contributed by atoms with Crippen molar-refractivity contribution < 1.29 is 0 Å². The highest BCUT2D eigenvalue weighted by Gasteiger charge is 2.09. The molecule has 0 spiro atoms. The fourth-order valence-electron chi connectivity index (χ4n) is 0.955. The summed E-state index contributed by atoms with van der Waals surface area (Å²) >= 11 is 6.84. The zero-order valence-corrected chi connectivity index (χ0v) is 9.47. The van der Waals surface area contributed by atoms with Crippen LogP contribution in [0.1, 0.15) is 16.0 Å². The van der Waals surface area contributed by atoms with Crippen molar-refractivity contribution in [3.05, 3.63) is 35.4 Å². The van der Waals surface area contributed by atoms with Crippen LogP contribution in [-0.2, 0) is 0 Å². The highest BCUT2D eigenvalue weighted by atomic mass is 79.9. The maximum atomic E-state index is 8.78. The van der Waals surface area contributed by atoms with Crippen LogP contribution in [-0.4, -0.2) is 5.33 Å². The summed E-state index contributed by atoms with van der Waals surface area (Å²) < 4.78 is 0. The fourth-order valence-corrected chi connectivity index (χ4v) is 1.70. The van der Waals surface area contributed by atoms with Gasteiger partial charge in [-0.05, 0) is 11.6 Å². The lowest BCUT2D eigenvalue weighted by molar-refractivity contribution is 1.14. The molecule has 0 radical (unpaired) electrons. The highest BCUT2D eigenvalue weighted by Crippen LogP contribution is 2.26. The van der Waals surface area contributed by atoms with E-state index in [1.54, 1.807) is 0 Å². The summed E-state index contributed by atoms with van der Waals surface area (Å²) in [7, 11) is 0. The van der Waals surface area contributed by atoms with Crippen LogP contribution in [0.3, 0.4) is 0 Å². The zero-order chi connectivity index (χ0) is 8.97. The minimum absolute atomic E-state index is 0.216. The number of hydrogen-bond donors (Lipinski definition) is 0. The number of nitriles is 1. The third-order valence-corrected chi connectivity index (χ3v) is 3.89. The van der Waals surface area contributed by atoms with Gasteiger partial charge in [-0.2, -0.15) is 5.26 Å². The SMILES string of the molecule is N#Cc1ccccc1C(Br)CBr. The van der Waals surface area contributed by atoms with Crippen molar-refractivity contribution in [2.45, 2.75) is 4.83 Å². The zero-order valence-electron chi connectivity index (χ0n) is 6.30. The molecule has 0 amide bonds. The maximum Gasteiger partial charge on any atom is 0.0994 e. The second-order valence-electron chi connectivity index (χ2n) is 2.32. The predicted octanol–water partition coefficient (Wildman–Crippen LogP) is 3.39. The van der Waals surface area contributed by atoms with Gasteiger partial charge < -0.3 is 0 Å². The molecule has 3 heteroatoms. The second kappa shape index (κ2) is 4.64. The average Bonchev–Trinajstić information content (AvgIpc) is 2.16. The maximum absolute atomic E-state index is 8.78. The molecule has 0 N–H and O–H groups in total. The fraction of sp³-hybridized carbons (Fsp3) is 0.222. The van der Waals surface area contributed by atoms with Crippen molar-refractivity contribution >= 4 is 31.9 Å². The van der Waals surface area contributed by atoms with Crippen molar-refractivity contribution in [1.82, 2.24) is 0 Å². The number of benzene rings is 1. The summed E-state index contributed by atoms with van der Waals surface area (Å²) in [5.41, 5.74) is 1.77. The first-order valence-electron chi connectivity index (χ1n) is 3.48. The van der Waals surface area contributed by atoms with Crippen LogP contribution in [0, 0.1) is 11.3 Å². The van der Waals surface area contributed by atoms with E-state index in [1.165, 1.54) is 0 Å². The van der Waals surface area contributed by atoms with E-state index >= 15 is 0 Å². The highest BCUT2D eigenvalue weighted by molar-refractivity contribution is 9.12. The molecule has 12 heavy (non-hydrogen) atoms. The Bertz CT molecular complexity index is 304. The van der Waals surface area contributed by atoms with E-state index in [2.05, 4.69) is 37.9 Å². The molecule has 62 valence electrons. The summed E-state index contributed by atoms with van der Waals surface area (Å²) in [6.45, 7) is 0. The Labute approximate surface area is 88.7 Å². The van der Waals surface area contributed by atoms with Gasteiger partial charge in [0.05, 0.1) is 16.5 Å². The van der Waals surface area contributed by atoms with Gasteiger partial charge in [-0.15, -0.1) is 0 Å². The molecular weight excluding hydrogens is 282 g/mol.